The van der Waals surface area contributed by atoms with Crippen LogP contribution < -0.4 is 10.3 Å². The lowest BCUT2D eigenvalue weighted by atomic mass is 9.96. The van der Waals surface area contributed by atoms with Gasteiger partial charge in [0.05, 0.1) is 24.9 Å². The van der Waals surface area contributed by atoms with E-state index in [2.05, 4.69) is 6.07 Å². The Balaban J connectivity index is 2.10. The monoisotopic (exact) mass is 485 g/mol. The van der Waals surface area contributed by atoms with Crippen LogP contribution in [0.5, 0.6) is 5.75 Å². The van der Waals surface area contributed by atoms with Crippen LogP contribution in [-0.2, 0) is 9.53 Å². The maximum Gasteiger partial charge on any atom is 0.417 e. The van der Waals surface area contributed by atoms with Crippen LogP contribution in [-0.4, -0.2) is 40.7 Å². The predicted octanol–water partition coefficient (Wildman–Crippen LogP) is 4.78. The minimum atomic E-state index is -0.916. The van der Waals surface area contributed by atoms with Gasteiger partial charge in [0.2, 0.25) is 0 Å². The summed E-state index contributed by atoms with van der Waals surface area (Å²) in [5.41, 5.74) is -0.0555. The molecular weight excluding hydrogens is 458 g/mol. The van der Waals surface area contributed by atoms with Gasteiger partial charge in [-0.1, -0.05) is 18.5 Å². The number of likely N-dealkylation sites (tertiary alicyclic amines) is 1. The summed E-state index contributed by atoms with van der Waals surface area (Å²) in [6, 6.07) is 7.25. The second-order valence-corrected chi connectivity index (χ2v) is 9.77. The van der Waals surface area contributed by atoms with Gasteiger partial charge in [-0.05, 0) is 57.7 Å². The first-order valence-corrected chi connectivity index (χ1v) is 11.4. The van der Waals surface area contributed by atoms with Gasteiger partial charge in [0.1, 0.15) is 17.4 Å². The predicted molar refractivity (Wildman–Crippen MR) is 128 cm³/mol. The fraction of sp³-hybridized carbons (Fsp3) is 0.440. The number of hydrogen-bond donors (Lipinski definition) is 0. The Labute approximate surface area is 203 Å². The normalized spacial score (nSPS) is 18.7. The molecule has 2 atom stereocenters. The van der Waals surface area contributed by atoms with Crippen LogP contribution in [0.1, 0.15) is 52.1 Å². The minimum Gasteiger partial charge on any atom is -0.495 e. The van der Waals surface area contributed by atoms with Crippen molar-refractivity contribution in [1.82, 2.24) is 9.47 Å². The quantitative estimate of drug-likeness (QED) is 0.619. The highest BCUT2D eigenvalue weighted by Gasteiger charge is 2.39. The number of rotatable bonds is 3. The van der Waals surface area contributed by atoms with Gasteiger partial charge in [-0.3, -0.25) is 14.2 Å². The number of ether oxygens (including phenoxy) is 2. The number of hydrogen-bond acceptors (Lipinski definition) is 6. The summed E-state index contributed by atoms with van der Waals surface area (Å²) < 4.78 is 12.3. The Bertz CT molecular complexity index is 1210. The van der Waals surface area contributed by atoms with E-state index < -0.39 is 29.2 Å². The number of amides is 2. The van der Waals surface area contributed by atoms with E-state index in [9.17, 15) is 19.6 Å². The zero-order valence-corrected chi connectivity index (χ0v) is 20.7. The van der Waals surface area contributed by atoms with Crippen molar-refractivity contribution in [3.63, 3.8) is 0 Å². The first kappa shape index (κ1) is 25.3. The molecule has 0 bridgehead atoms. The first-order valence-electron chi connectivity index (χ1n) is 11.0. The van der Waals surface area contributed by atoms with Crippen LogP contribution in [0.2, 0.25) is 5.02 Å². The molecule has 2 aromatic rings. The SMILES string of the molecule is COc1cn(C2C(=O)N(C(=O)OC(C)(C)C)CCCC2C)c(=O)cc1-c1cc(Cl)ccc1C#N. The Morgan fingerprint density at radius 2 is 1.91 bits per heavy atom. The van der Waals surface area contributed by atoms with Gasteiger partial charge in [0.15, 0.2) is 0 Å². The van der Waals surface area contributed by atoms with Crippen molar-refractivity contribution in [2.75, 3.05) is 13.7 Å². The number of nitrogens with zero attached hydrogens (tertiary/aromatic N) is 3. The van der Waals surface area contributed by atoms with Gasteiger partial charge in [-0.2, -0.15) is 5.26 Å². The van der Waals surface area contributed by atoms with E-state index in [-0.39, 0.29) is 12.5 Å². The number of benzene rings is 1. The number of halogens is 1. The summed E-state index contributed by atoms with van der Waals surface area (Å²) in [6.07, 6.45) is 1.96. The van der Waals surface area contributed by atoms with Crippen LogP contribution >= 0.6 is 11.6 Å². The molecule has 8 nitrogen and oxygen atoms in total. The van der Waals surface area contributed by atoms with Crippen molar-refractivity contribution in [3.05, 3.63) is 51.4 Å². The molecule has 1 aromatic heterocycles. The second kappa shape index (κ2) is 9.90. The molecule has 1 aliphatic heterocycles. The lowest BCUT2D eigenvalue weighted by Crippen LogP contribution is -2.46. The van der Waals surface area contributed by atoms with E-state index >= 15 is 0 Å². The van der Waals surface area contributed by atoms with Crippen molar-refractivity contribution in [3.8, 4) is 22.9 Å². The molecule has 0 N–H and O–H groups in total. The van der Waals surface area contributed by atoms with Crippen molar-refractivity contribution in [1.29, 1.82) is 5.26 Å². The third kappa shape index (κ3) is 5.26. The fourth-order valence-corrected chi connectivity index (χ4v) is 4.26. The summed E-state index contributed by atoms with van der Waals surface area (Å²) in [7, 11) is 1.44. The largest absolute Gasteiger partial charge is 0.495 e. The number of carbonyl (C=O) groups is 2. The number of nitriles is 1. The Kier molecular flexibility index (Phi) is 7.37. The van der Waals surface area contributed by atoms with E-state index in [4.69, 9.17) is 21.1 Å². The smallest absolute Gasteiger partial charge is 0.417 e. The second-order valence-electron chi connectivity index (χ2n) is 9.34. The number of methoxy groups -OCH3 is 1. The van der Waals surface area contributed by atoms with Crippen molar-refractivity contribution >= 4 is 23.6 Å². The molecule has 0 radical (unpaired) electrons. The van der Waals surface area contributed by atoms with Gasteiger partial charge >= 0.3 is 6.09 Å². The van der Waals surface area contributed by atoms with E-state index in [1.807, 2.05) is 6.92 Å². The zero-order valence-electron chi connectivity index (χ0n) is 19.9. The maximum absolute atomic E-state index is 13.5. The third-order valence-electron chi connectivity index (χ3n) is 5.67. The molecule has 3 rings (SSSR count). The van der Waals surface area contributed by atoms with Crippen LogP contribution in [0.15, 0.2) is 35.3 Å². The third-order valence-corrected chi connectivity index (χ3v) is 5.90. The van der Waals surface area contributed by atoms with Gasteiger partial charge in [0, 0.05) is 28.8 Å². The molecule has 0 aliphatic carbocycles. The average molecular weight is 486 g/mol. The van der Waals surface area contributed by atoms with Gasteiger partial charge in [-0.15, -0.1) is 0 Å². The molecule has 1 aromatic carbocycles. The highest BCUT2D eigenvalue weighted by Crippen LogP contribution is 2.35. The summed E-state index contributed by atoms with van der Waals surface area (Å²) in [4.78, 5) is 40.6. The Morgan fingerprint density at radius 1 is 1.21 bits per heavy atom. The molecule has 9 heteroatoms. The van der Waals surface area contributed by atoms with E-state index in [0.29, 0.717) is 40.3 Å². The van der Waals surface area contributed by atoms with Crippen LogP contribution in [0.4, 0.5) is 4.79 Å². The zero-order chi connectivity index (χ0) is 25.2. The molecule has 0 spiro atoms. The maximum atomic E-state index is 13.5. The molecule has 2 unspecified atom stereocenters. The van der Waals surface area contributed by atoms with E-state index in [1.165, 1.54) is 23.9 Å². The summed E-state index contributed by atoms with van der Waals surface area (Å²) in [5.74, 6) is -0.419. The minimum absolute atomic E-state index is 0.214. The number of aromatic nitrogens is 1. The highest BCUT2D eigenvalue weighted by molar-refractivity contribution is 6.31. The molecule has 0 saturated carbocycles. The average Bonchev–Trinajstić information content (AvgIpc) is 2.90. The van der Waals surface area contributed by atoms with Crippen molar-refractivity contribution < 1.29 is 19.1 Å². The fourth-order valence-electron chi connectivity index (χ4n) is 4.09. The van der Waals surface area contributed by atoms with Gasteiger partial charge in [0.25, 0.3) is 11.5 Å². The molecule has 34 heavy (non-hydrogen) atoms. The summed E-state index contributed by atoms with van der Waals surface area (Å²) >= 11 is 6.13. The molecule has 1 fully saturated rings. The number of imide groups is 1. The highest BCUT2D eigenvalue weighted by atomic mass is 35.5. The Hall–Kier alpha value is -3.31. The summed E-state index contributed by atoms with van der Waals surface area (Å²) in [6.45, 7) is 7.28. The molecule has 1 saturated heterocycles. The topological polar surface area (TPSA) is 102 Å². The van der Waals surface area contributed by atoms with E-state index in [1.54, 1.807) is 39.0 Å². The van der Waals surface area contributed by atoms with Crippen LogP contribution in [0.3, 0.4) is 0 Å². The first-order chi connectivity index (χ1) is 16.0. The lowest BCUT2D eigenvalue weighted by molar-refractivity contribution is -0.134. The molecule has 180 valence electrons. The number of carbonyl (C=O) groups excluding carboxylic acids is 2. The lowest BCUT2D eigenvalue weighted by Gasteiger charge is -2.29. The van der Waals surface area contributed by atoms with Gasteiger partial charge in [-0.25, -0.2) is 9.69 Å². The molecule has 1 aliphatic rings. The molecular formula is C25H28ClN3O5. The van der Waals surface area contributed by atoms with E-state index in [0.717, 1.165) is 4.90 Å². The standard InChI is InChI=1S/C25H28ClN3O5/c1-15-7-6-10-28(24(32)34-25(2,3)4)23(31)22(15)29-14-20(33-5)19(12-21(29)30)18-11-17(26)9-8-16(18)13-27/h8-9,11-12,14-15,22H,6-7,10H2,1-5H3. The number of pyridine rings is 1. The molecule has 2 heterocycles. The summed E-state index contributed by atoms with van der Waals surface area (Å²) in [5, 5.41) is 9.92. The Morgan fingerprint density at radius 3 is 2.53 bits per heavy atom. The molecule has 2 amide bonds. The van der Waals surface area contributed by atoms with Crippen molar-refractivity contribution in [2.24, 2.45) is 5.92 Å². The van der Waals surface area contributed by atoms with Gasteiger partial charge < -0.3 is 9.47 Å². The van der Waals surface area contributed by atoms with Crippen LogP contribution in [0.25, 0.3) is 11.1 Å². The van der Waals surface area contributed by atoms with Crippen LogP contribution in [0, 0.1) is 17.2 Å². The van der Waals surface area contributed by atoms with Crippen molar-refractivity contribution in [2.45, 2.75) is 52.2 Å².